The van der Waals surface area contributed by atoms with Crippen molar-refractivity contribution in [2.75, 3.05) is 11.9 Å². The van der Waals surface area contributed by atoms with Crippen LogP contribution in [0.2, 0.25) is 0 Å². The first-order chi connectivity index (χ1) is 9.25. The number of benzene rings is 1. The van der Waals surface area contributed by atoms with Crippen LogP contribution in [0.25, 0.3) is 10.9 Å². The number of alkyl halides is 3. The van der Waals surface area contributed by atoms with Crippen LogP contribution in [-0.2, 0) is 6.18 Å². The summed E-state index contributed by atoms with van der Waals surface area (Å²) in [6.45, 7) is 5.23. The molecule has 0 spiro atoms. The Labute approximate surface area is 113 Å². The molecule has 1 N–H and O–H groups in total. The minimum Gasteiger partial charge on any atom is -0.385 e. The van der Waals surface area contributed by atoms with E-state index in [1.54, 1.807) is 19.9 Å². The number of aryl methyl sites for hydroxylation is 1. The van der Waals surface area contributed by atoms with E-state index in [4.69, 9.17) is 0 Å². The van der Waals surface area contributed by atoms with Crippen LogP contribution in [0.1, 0.15) is 23.7 Å². The van der Waals surface area contributed by atoms with Crippen LogP contribution in [0.4, 0.5) is 23.2 Å². The molecule has 0 bridgehead atoms. The molecule has 6 heteroatoms. The second kappa shape index (κ2) is 4.92. The molecule has 20 heavy (non-hydrogen) atoms. The second-order valence-electron chi connectivity index (χ2n) is 4.63. The molecule has 2 rings (SSSR count). The van der Waals surface area contributed by atoms with Gasteiger partial charge in [-0.05, 0) is 38.5 Å². The zero-order valence-corrected chi connectivity index (χ0v) is 11.3. The fourth-order valence-electron chi connectivity index (χ4n) is 2.24. The van der Waals surface area contributed by atoms with Gasteiger partial charge in [0.2, 0.25) is 0 Å². The largest absolute Gasteiger partial charge is 0.433 e. The van der Waals surface area contributed by atoms with Gasteiger partial charge < -0.3 is 5.32 Å². The number of nitrogens with one attached hydrogen (secondary N) is 1. The van der Waals surface area contributed by atoms with E-state index in [-0.39, 0.29) is 16.8 Å². The van der Waals surface area contributed by atoms with Crippen molar-refractivity contribution in [2.24, 2.45) is 0 Å². The minimum absolute atomic E-state index is 0.0168. The summed E-state index contributed by atoms with van der Waals surface area (Å²) < 4.78 is 52.9. The Balaban J connectivity index is 2.91. The zero-order valence-electron chi connectivity index (χ0n) is 11.3. The third kappa shape index (κ3) is 2.42. The average molecular weight is 286 g/mol. The quantitative estimate of drug-likeness (QED) is 0.825. The lowest BCUT2D eigenvalue weighted by atomic mass is 10.0. The monoisotopic (exact) mass is 286 g/mol. The first-order valence-electron chi connectivity index (χ1n) is 6.17. The summed E-state index contributed by atoms with van der Waals surface area (Å²) >= 11 is 0. The second-order valence-corrected chi connectivity index (χ2v) is 4.63. The van der Waals surface area contributed by atoms with Gasteiger partial charge in [-0.1, -0.05) is 0 Å². The number of nitrogens with zero attached hydrogens (tertiary/aromatic N) is 1. The van der Waals surface area contributed by atoms with E-state index >= 15 is 0 Å². The number of fused-ring (bicyclic) bond motifs is 1. The lowest BCUT2D eigenvalue weighted by molar-refractivity contribution is -0.141. The first kappa shape index (κ1) is 14.6. The van der Waals surface area contributed by atoms with Gasteiger partial charge in [0.15, 0.2) is 0 Å². The Morgan fingerprint density at radius 3 is 2.40 bits per heavy atom. The summed E-state index contributed by atoms with van der Waals surface area (Å²) in [7, 11) is 0. The van der Waals surface area contributed by atoms with Gasteiger partial charge in [-0.3, -0.25) is 0 Å². The molecule has 1 aromatic carbocycles. The average Bonchev–Trinajstić information content (AvgIpc) is 2.31. The molecule has 0 radical (unpaired) electrons. The van der Waals surface area contributed by atoms with Crippen molar-refractivity contribution in [3.63, 3.8) is 0 Å². The fraction of sp³-hybridized carbons (Fsp3) is 0.357. The standard InChI is InChI=1S/C14H14F4N2/c1-4-19-11-8(3)13(14(16,17)18)20-12-9(11)5-7(2)6-10(12)15/h5-6H,4H2,1-3H3,(H,19,20). The number of anilines is 1. The molecular formula is C14H14F4N2. The molecule has 0 aliphatic rings. The predicted molar refractivity (Wildman–Crippen MR) is 70.3 cm³/mol. The molecule has 0 unspecified atom stereocenters. The van der Waals surface area contributed by atoms with Crippen LogP contribution in [-0.4, -0.2) is 11.5 Å². The van der Waals surface area contributed by atoms with Crippen molar-refractivity contribution in [1.82, 2.24) is 4.98 Å². The Kier molecular flexibility index (Phi) is 3.58. The topological polar surface area (TPSA) is 24.9 Å². The summed E-state index contributed by atoms with van der Waals surface area (Å²) in [5, 5.41) is 3.25. The summed E-state index contributed by atoms with van der Waals surface area (Å²) in [6, 6.07) is 2.82. The normalized spacial score (nSPS) is 11.9. The molecule has 0 aliphatic heterocycles. The Morgan fingerprint density at radius 1 is 1.20 bits per heavy atom. The van der Waals surface area contributed by atoms with E-state index in [1.807, 2.05) is 0 Å². The van der Waals surface area contributed by atoms with Crippen LogP contribution in [0, 0.1) is 19.7 Å². The molecule has 0 fully saturated rings. The highest BCUT2D eigenvalue weighted by Gasteiger charge is 2.36. The lowest BCUT2D eigenvalue weighted by Crippen LogP contribution is -2.14. The summed E-state index contributed by atoms with van der Waals surface area (Å²) in [6.07, 6.45) is -4.61. The number of hydrogen-bond acceptors (Lipinski definition) is 2. The highest BCUT2D eigenvalue weighted by Crippen LogP contribution is 2.37. The summed E-state index contributed by atoms with van der Waals surface area (Å²) in [4.78, 5) is 3.49. The molecule has 2 nitrogen and oxygen atoms in total. The van der Waals surface area contributed by atoms with Gasteiger partial charge in [-0.2, -0.15) is 13.2 Å². The molecular weight excluding hydrogens is 272 g/mol. The van der Waals surface area contributed by atoms with Gasteiger partial charge in [0.05, 0.1) is 0 Å². The van der Waals surface area contributed by atoms with E-state index in [9.17, 15) is 17.6 Å². The van der Waals surface area contributed by atoms with Crippen LogP contribution < -0.4 is 5.32 Å². The van der Waals surface area contributed by atoms with Crippen molar-refractivity contribution in [1.29, 1.82) is 0 Å². The highest BCUT2D eigenvalue weighted by atomic mass is 19.4. The van der Waals surface area contributed by atoms with Gasteiger partial charge in [0, 0.05) is 23.2 Å². The van der Waals surface area contributed by atoms with E-state index < -0.39 is 17.7 Å². The number of halogens is 4. The van der Waals surface area contributed by atoms with Crippen molar-refractivity contribution in [3.05, 3.63) is 34.8 Å². The van der Waals surface area contributed by atoms with Crippen molar-refractivity contribution in [3.8, 4) is 0 Å². The molecule has 0 saturated heterocycles. The molecule has 1 heterocycles. The maximum Gasteiger partial charge on any atom is 0.433 e. The SMILES string of the molecule is CCNc1c(C)c(C(F)(F)F)nc2c(F)cc(C)cc12. The maximum absolute atomic E-state index is 13.9. The van der Waals surface area contributed by atoms with E-state index in [1.165, 1.54) is 13.0 Å². The zero-order chi connectivity index (χ0) is 15.1. The minimum atomic E-state index is -4.61. The summed E-state index contributed by atoms with van der Waals surface area (Å²) in [5.41, 5.74) is -0.410. The molecule has 0 aliphatic carbocycles. The van der Waals surface area contributed by atoms with Crippen molar-refractivity contribution < 1.29 is 17.6 Å². The Hall–Kier alpha value is -1.85. The van der Waals surface area contributed by atoms with E-state index in [0.717, 1.165) is 0 Å². The van der Waals surface area contributed by atoms with Crippen LogP contribution in [0.3, 0.4) is 0 Å². The van der Waals surface area contributed by atoms with Crippen LogP contribution in [0.15, 0.2) is 12.1 Å². The highest BCUT2D eigenvalue weighted by molar-refractivity contribution is 5.94. The first-order valence-corrected chi connectivity index (χ1v) is 6.17. The lowest BCUT2D eigenvalue weighted by Gasteiger charge is -2.17. The summed E-state index contributed by atoms with van der Waals surface area (Å²) in [5.74, 6) is -0.746. The molecule has 0 amide bonds. The molecule has 1 aromatic heterocycles. The maximum atomic E-state index is 13.9. The van der Waals surface area contributed by atoms with Gasteiger partial charge >= 0.3 is 6.18 Å². The van der Waals surface area contributed by atoms with Gasteiger partial charge in [0.25, 0.3) is 0 Å². The molecule has 2 aromatic rings. The van der Waals surface area contributed by atoms with Crippen molar-refractivity contribution in [2.45, 2.75) is 26.9 Å². The number of rotatable bonds is 2. The molecule has 0 saturated carbocycles. The van der Waals surface area contributed by atoms with Gasteiger partial charge in [-0.15, -0.1) is 0 Å². The van der Waals surface area contributed by atoms with E-state index in [2.05, 4.69) is 10.3 Å². The molecule has 0 atom stereocenters. The Bertz CT molecular complexity index is 662. The fourth-order valence-corrected chi connectivity index (χ4v) is 2.24. The predicted octanol–water partition coefficient (Wildman–Crippen LogP) is 4.44. The van der Waals surface area contributed by atoms with Crippen LogP contribution in [0.5, 0.6) is 0 Å². The van der Waals surface area contributed by atoms with Crippen LogP contribution >= 0.6 is 0 Å². The third-order valence-electron chi connectivity index (χ3n) is 3.05. The number of aromatic nitrogens is 1. The van der Waals surface area contributed by atoms with Gasteiger partial charge in [0.1, 0.15) is 17.0 Å². The third-order valence-corrected chi connectivity index (χ3v) is 3.05. The Morgan fingerprint density at radius 2 is 1.85 bits per heavy atom. The molecule has 108 valence electrons. The van der Waals surface area contributed by atoms with Gasteiger partial charge in [-0.25, -0.2) is 9.37 Å². The van der Waals surface area contributed by atoms with Crippen molar-refractivity contribution >= 4 is 16.6 Å². The smallest absolute Gasteiger partial charge is 0.385 e. The van der Waals surface area contributed by atoms with E-state index in [0.29, 0.717) is 17.5 Å². The number of pyridine rings is 1. The number of hydrogen-bond donors (Lipinski definition) is 1.